The number of hydrogen-bond donors (Lipinski definition) is 2. The van der Waals surface area contributed by atoms with Gasteiger partial charge >= 0.3 is 6.01 Å². The van der Waals surface area contributed by atoms with Crippen LogP contribution in [0.3, 0.4) is 0 Å². The van der Waals surface area contributed by atoms with Crippen molar-refractivity contribution in [2.75, 3.05) is 13.2 Å². The van der Waals surface area contributed by atoms with Gasteiger partial charge in [0.05, 0.1) is 13.2 Å². The Labute approximate surface area is 270 Å². The van der Waals surface area contributed by atoms with Crippen LogP contribution in [0.4, 0.5) is 0 Å². The number of aromatic nitrogens is 3. The minimum absolute atomic E-state index is 0.105. The summed E-state index contributed by atoms with van der Waals surface area (Å²) in [5.74, 6) is 0.573. The molecule has 5 aromatic carbocycles. The number of rotatable bonds is 16. The van der Waals surface area contributed by atoms with Gasteiger partial charge in [0.2, 0.25) is 0 Å². The first kappa shape index (κ1) is 31.3. The number of nitrogens with zero attached hydrogens (tertiary/aromatic N) is 3. The standard InChI is InChI=1S/C39H43N3O4/c1-3-5-6-7-8-9-10-11-12-13-23-46-29-24-32(43)36(33(44)25-29)38-40-37(41-39(42-38)45-4-2)31-22-20-28-18-17-26-15-14-16-27-19-21-30(31)35(28)34(26)27/h14-22,24-25,43-44H,3-13,23H2,1-2H3. The second-order valence-corrected chi connectivity index (χ2v) is 12.0. The maximum atomic E-state index is 11.1. The Bertz CT molecular complexity index is 1880. The monoisotopic (exact) mass is 617 g/mol. The van der Waals surface area contributed by atoms with Crippen molar-refractivity contribution < 1.29 is 19.7 Å². The Kier molecular flexibility index (Phi) is 9.97. The zero-order chi connectivity index (χ0) is 31.9. The van der Waals surface area contributed by atoms with Crippen molar-refractivity contribution in [3.8, 4) is 46.0 Å². The lowest BCUT2D eigenvalue weighted by atomic mass is 9.92. The van der Waals surface area contributed by atoms with Crippen molar-refractivity contribution in [1.82, 2.24) is 15.0 Å². The molecule has 0 aliphatic rings. The van der Waals surface area contributed by atoms with E-state index >= 15 is 0 Å². The first-order valence-electron chi connectivity index (χ1n) is 16.8. The van der Waals surface area contributed by atoms with Gasteiger partial charge in [-0.25, -0.2) is 4.98 Å². The minimum atomic E-state index is -0.173. The smallest absolute Gasteiger partial charge is 0.320 e. The minimum Gasteiger partial charge on any atom is -0.507 e. The number of ether oxygens (including phenoxy) is 2. The van der Waals surface area contributed by atoms with Crippen LogP contribution in [-0.2, 0) is 0 Å². The molecular formula is C39H43N3O4. The second kappa shape index (κ2) is 14.6. The third-order valence-corrected chi connectivity index (χ3v) is 8.72. The Morgan fingerprint density at radius 2 is 1.17 bits per heavy atom. The van der Waals surface area contributed by atoms with Gasteiger partial charge in [-0.1, -0.05) is 113 Å². The lowest BCUT2D eigenvalue weighted by molar-refractivity contribution is 0.301. The van der Waals surface area contributed by atoms with E-state index in [1.165, 1.54) is 79.7 Å². The molecule has 6 rings (SSSR count). The fourth-order valence-corrected chi connectivity index (χ4v) is 6.39. The molecule has 0 fully saturated rings. The summed E-state index contributed by atoms with van der Waals surface area (Å²) >= 11 is 0. The van der Waals surface area contributed by atoms with Crippen molar-refractivity contribution in [3.63, 3.8) is 0 Å². The van der Waals surface area contributed by atoms with E-state index in [1.54, 1.807) is 0 Å². The van der Waals surface area contributed by atoms with E-state index in [0.29, 0.717) is 24.8 Å². The molecule has 0 spiro atoms. The molecule has 7 heteroatoms. The van der Waals surface area contributed by atoms with Gasteiger partial charge in [-0.2, -0.15) is 9.97 Å². The predicted molar refractivity (Wildman–Crippen MR) is 186 cm³/mol. The molecule has 0 aliphatic heterocycles. The van der Waals surface area contributed by atoms with E-state index in [9.17, 15) is 10.2 Å². The normalized spacial score (nSPS) is 11.6. The van der Waals surface area contributed by atoms with Gasteiger partial charge in [0.1, 0.15) is 22.8 Å². The van der Waals surface area contributed by atoms with Crippen LogP contribution in [0.15, 0.2) is 66.7 Å². The highest BCUT2D eigenvalue weighted by Gasteiger charge is 2.21. The topological polar surface area (TPSA) is 97.6 Å². The molecule has 0 amide bonds. The molecule has 0 atom stereocenters. The highest BCUT2D eigenvalue weighted by molar-refractivity contribution is 6.25. The highest BCUT2D eigenvalue weighted by atomic mass is 16.5. The van der Waals surface area contributed by atoms with Crippen molar-refractivity contribution in [2.45, 2.75) is 78.1 Å². The van der Waals surface area contributed by atoms with E-state index in [0.717, 1.165) is 34.6 Å². The second-order valence-electron chi connectivity index (χ2n) is 12.0. The average Bonchev–Trinajstić information content (AvgIpc) is 3.06. The molecule has 0 aliphatic carbocycles. The Hall–Kier alpha value is -4.65. The number of phenols is 2. The number of benzene rings is 5. The van der Waals surface area contributed by atoms with Crippen LogP contribution in [0.25, 0.3) is 55.1 Å². The van der Waals surface area contributed by atoms with E-state index in [-0.39, 0.29) is 28.9 Å². The van der Waals surface area contributed by atoms with E-state index < -0.39 is 0 Å². The number of aromatic hydroxyl groups is 2. The summed E-state index contributed by atoms with van der Waals surface area (Å²) in [4.78, 5) is 13.9. The molecule has 0 saturated heterocycles. The van der Waals surface area contributed by atoms with Crippen LogP contribution in [0.5, 0.6) is 23.3 Å². The summed E-state index contributed by atoms with van der Waals surface area (Å²) < 4.78 is 11.6. The summed E-state index contributed by atoms with van der Waals surface area (Å²) in [6.07, 6.45) is 12.4. The van der Waals surface area contributed by atoms with Crippen LogP contribution >= 0.6 is 0 Å². The summed E-state index contributed by atoms with van der Waals surface area (Å²) in [6, 6.07) is 22.0. The maximum absolute atomic E-state index is 11.1. The first-order valence-corrected chi connectivity index (χ1v) is 16.8. The number of phenolic OH excluding ortho intramolecular Hbond substituents is 2. The van der Waals surface area contributed by atoms with Crippen molar-refractivity contribution in [1.29, 1.82) is 0 Å². The highest BCUT2D eigenvalue weighted by Crippen LogP contribution is 2.42. The third-order valence-electron chi connectivity index (χ3n) is 8.72. The van der Waals surface area contributed by atoms with E-state index in [1.807, 2.05) is 13.0 Å². The van der Waals surface area contributed by atoms with Gasteiger partial charge in [-0.3, -0.25) is 0 Å². The Balaban J connectivity index is 1.21. The molecule has 1 heterocycles. The molecule has 7 nitrogen and oxygen atoms in total. The zero-order valence-electron chi connectivity index (χ0n) is 26.9. The largest absolute Gasteiger partial charge is 0.507 e. The summed E-state index contributed by atoms with van der Waals surface area (Å²) in [5.41, 5.74) is 0.916. The third kappa shape index (κ3) is 6.79. The van der Waals surface area contributed by atoms with Crippen LogP contribution < -0.4 is 9.47 Å². The summed E-state index contributed by atoms with van der Waals surface area (Å²) in [6.45, 7) is 4.98. The van der Waals surface area contributed by atoms with Gasteiger partial charge in [0.15, 0.2) is 11.6 Å². The van der Waals surface area contributed by atoms with Crippen LogP contribution in [0.2, 0.25) is 0 Å². The molecule has 1 aromatic heterocycles. The number of unbranched alkanes of at least 4 members (excludes halogenated alkanes) is 9. The maximum Gasteiger partial charge on any atom is 0.320 e. The number of hydrogen-bond acceptors (Lipinski definition) is 7. The lowest BCUT2D eigenvalue weighted by Gasteiger charge is -2.15. The molecule has 0 radical (unpaired) electrons. The molecule has 238 valence electrons. The fraction of sp³-hybridized carbons (Fsp3) is 0.359. The zero-order valence-corrected chi connectivity index (χ0v) is 26.9. The quantitative estimate of drug-likeness (QED) is 0.0824. The van der Waals surface area contributed by atoms with Gasteiger partial charge in [0, 0.05) is 17.7 Å². The van der Waals surface area contributed by atoms with Crippen molar-refractivity contribution in [3.05, 3.63) is 66.7 Å². The molecular weight excluding hydrogens is 574 g/mol. The average molecular weight is 618 g/mol. The van der Waals surface area contributed by atoms with Crippen LogP contribution in [-0.4, -0.2) is 38.4 Å². The van der Waals surface area contributed by atoms with E-state index in [2.05, 4.69) is 65.4 Å². The van der Waals surface area contributed by atoms with Gasteiger partial charge in [-0.05, 0) is 51.7 Å². The van der Waals surface area contributed by atoms with Crippen LogP contribution in [0.1, 0.15) is 78.1 Å². The summed E-state index contributed by atoms with van der Waals surface area (Å²) in [5, 5.41) is 28.9. The van der Waals surface area contributed by atoms with Gasteiger partial charge in [0.25, 0.3) is 0 Å². The molecule has 2 N–H and O–H groups in total. The van der Waals surface area contributed by atoms with E-state index in [4.69, 9.17) is 14.5 Å². The molecule has 46 heavy (non-hydrogen) atoms. The Morgan fingerprint density at radius 1 is 0.587 bits per heavy atom. The van der Waals surface area contributed by atoms with Gasteiger partial charge < -0.3 is 19.7 Å². The summed E-state index contributed by atoms with van der Waals surface area (Å²) in [7, 11) is 0. The molecule has 0 unspecified atom stereocenters. The van der Waals surface area contributed by atoms with Crippen molar-refractivity contribution in [2.24, 2.45) is 0 Å². The SMILES string of the molecule is CCCCCCCCCCCCOc1cc(O)c(-c2nc(OCC)nc(-c3ccc4ccc5cccc6ccc3c4c56)n2)c(O)c1. The fourth-order valence-electron chi connectivity index (χ4n) is 6.39. The first-order chi connectivity index (χ1) is 22.6. The molecule has 0 saturated carbocycles. The molecule has 0 bridgehead atoms. The van der Waals surface area contributed by atoms with Crippen LogP contribution in [0, 0.1) is 0 Å². The van der Waals surface area contributed by atoms with Crippen molar-refractivity contribution >= 4 is 32.3 Å². The lowest BCUT2D eigenvalue weighted by Crippen LogP contribution is -2.04. The predicted octanol–water partition coefficient (Wildman–Crippen LogP) is 10.2. The molecule has 6 aromatic rings. The van der Waals surface area contributed by atoms with Gasteiger partial charge in [-0.15, -0.1) is 0 Å². The Morgan fingerprint density at radius 3 is 1.85 bits per heavy atom.